The molecule has 0 aliphatic heterocycles. The van der Waals surface area contributed by atoms with E-state index in [1.165, 1.54) is 6.33 Å². The van der Waals surface area contributed by atoms with Crippen molar-refractivity contribution in [1.82, 2.24) is 9.97 Å². The number of aromatic nitrogens is 2. The van der Waals surface area contributed by atoms with Gasteiger partial charge < -0.3 is 4.43 Å². The lowest BCUT2D eigenvalue weighted by molar-refractivity contribution is 0.559. The molecule has 0 unspecified atom stereocenters. The molecule has 0 radical (unpaired) electrons. The van der Waals surface area contributed by atoms with Crippen LogP contribution in [0.5, 0.6) is 5.75 Å². The van der Waals surface area contributed by atoms with Gasteiger partial charge in [0.1, 0.15) is 17.8 Å². The Morgan fingerprint density at radius 1 is 1.16 bits per heavy atom. The summed E-state index contributed by atoms with van der Waals surface area (Å²) >= 11 is 0. The highest BCUT2D eigenvalue weighted by atomic mass is 28.4. The zero-order chi connectivity index (χ0) is 13.7. The van der Waals surface area contributed by atoms with Gasteiger partial charge in [-0.3, -0.25) is 4.99 Å². The van der Waals surface area contributed by atoms with Gasteiger partial charge in [-0.2, -0.15) is 0 Å². The zero-order valence-electron chi connectivity index (χ0n) is 11.4. The van der Waals surface area contributed by atoms with Crippen LogP contribution >= 0.6 is 0 Å². The van der Waals surface area contributed by atoms with Gasteiger partial charge in [0, 0.05) is 6.20 Å². The lowest BCUT2D eigenvalue weighted by Gasteiger charge is -2.20. The molecule has 2 rings (SSSR count). The Labute approximate surface area is 114 Å². The normalized spacial score (nSPS) is 11.7. The first-order valence-corrected chi connectivity index (χ1v) is 9.53. The Bertz CT molecular complexity index is 564. The molecule has 98 valence electrons. The number of nitrogens with zero attached hydrogens (tertiary/aromatic N) is 3. The molecule has 0 atom stereocenters. The zero-order valence-corrected chi connectivity index (χ0v) is 12.4. The molecule has 5 heteroatoms. The second kappa shape index (κ2) is 5.75. The van der Waals surface area contributed by atoms with E-state index in [0.717, 1.165) is 17.1 Å². The minimum absolute atomic E-state index is 0.776. The highest BCUT2D eigenvalue weighted by Gasteiger charge is 2.17. The summed E-state index contributed by atoms with van der Waals surface area (Å²) < 4.78 is 6.01. The van der Waals surface area contributed by atoms with E-state index in [4.69, 9.17) is 4.43 Å². The highest BCUT2D eigenvalue weighted by Crippen LogP contribution is 2.28. The van der Waals surface area contributed by atoms with Crippen LogP contribution in [0.25, 0.3) is 0 Å². The van der Waals surface area contributed by atoms with E-state index in [1.807, 2.05) is 30.3 Å². The van der Waals surface area contributed by atoms with Crippen LogP contribution in [0.3, 0.4) is 0 Å². The van der Waals surface area contributed by atoms with Gasteiger partial charge in [0.25, 0.3) is 0 Å². The molecule has 1 aromatic carbocycles. The van der Waals surface area contributed by atoms with Crippen LogP contribution in [0.4, 0.5) is 5.69 Å². The van der Waals surface area contributed by atoms with Gasteiger partial charge in [0.15, 0.2) is 0 Å². The van der Waals surface area contributed by atoms with Crippen LogP contribution in [-0.4, -0.2) is 24.5 Å². The number of para-hydroxylation sites is 2. The summed E-state index contributed by atoms with van der Waals surface area (Å²) in [4.78, 5) is 12.4. The maximum atomic E-state index is 6.01. The fourth-order valence-electron chi connectivity index (χ4n) is 1.49. The number of hydrogen-bond acceptors (Lipinski definition) is 4. The molecule has 1 heterocycles. The van der Waals surface area contributed by atoms with Gasteiger partial charge in [-0.15, -0.1) is 0 Å². The summed E-state index contributed by atoms with van der Waals surface area (Å²) in [7, 11) is -1.64. The second-order valence-corrected chi connectivity index (χ2v) is 9.50. The van der Waals surface area contributed by atoms with Crippen LogP contribution < -0.4 is 4.43 Å². The van der Waals surface area contributed by atoms with Crippen molar-refractivity contribution in [1.29, 1.82) is 0 Å². The summed E-state index contributed by atoms with van der Waals surface area (Å²) in [5.74, 6) is 0.826. The van der Waals surface area contributed by atoms with Gasteiger partial charge in [-0.05, 0) is 37.8 Å². The van der Waals surface area contributed by atoms with Gasteiger partial charge >= 0.3 is 0 Å². The quantitative estimate of drug-likeness (QED) is 0.632. The van der Waals surface area contributed by atoms with E-state index >= 15 is 0 Å². The van der Waals surface area contributed by atoms with Crippen molar-refractivity contribution in [3.8, 4) is 5.75 Å². The van der Waals surface area contributed by atoms with Crippen LogP contribution in [0.15, 0.2) is 47.8 Å². The van der Waals surface area contributed by atoms with E-state index < -0.39 is 8.32 Å². The molecule has 0 amide bonds. The third kappa shape index (κ3) is 4.29. The summed E-state index contributed by atoms with van der Waals surface area (Å²) in [6, 6.07) is 9.60. The van der Waals surface area contributed by atoms with Crippen LogP contribution in [0.1, 0.15) is 5.69 Å². The molecule has 4 nitrogen and oxygen atoms in total. The van der Waals surface area contributed by atoms with E-state index in [-0.39, 0.29) is 0 Å². The third-order valence-electron chi connectivity index (χ3n) is 2.22. The Morgan fingerprint density at radius 2 is 1.95 bits per heavy atom. The first-order chi connectivity index (χ1) is 9.04. The summed E-state index contributed by atoms with van der Waals surface area (Å²) in [5, 5.41) is 0. The average molecular weight is 271 g/mol. The maximum Gasteiger partial charge on any atom is 0.242 e. The minimum atomic E-state index is -1.64. The Kier molecular flexibility index (Phi) is 4.06. The maximum absolute atomic E-state index is 6.01. The number of benzene rings is 1. The predicted molar refractivity (Wildman–Crippen MR) is 79.7 cm³/mol. The number of hydrogen-bond donors (Lipinski definition) is 0. The first kappa shape index (κ1) is 13.4. The standard InChI is InChI=1S/C14H17N3OSi/c1-19(2,3)18-14-7-5-4-6-13(14)16-10-12-8-9-15-11-17-12/h4-11H,1-3H3/b16-10+. The van der Waals surface area contributed by atoms with Gasteiger partial charge in [0.05, 0.1) is 11.9 Å². The Balaban J connectivity index is 2.23. The summed E-state index contributed by atoms with van der Waals surface area (Å²) in [6.07, 6.45) is 4.92. The largest absolute Gasteiger partial charge is 0.543 e. The average Bonchev–Trinajstić information content (AvgIpc) is 2.37. The van der Waals surface area contributed by atoms with Crippen LogP contribution in [-0.2, 0) is 0 Å². The fourth-order valence-corrected chi connectivity index (χ4v) is 2.33. The topological polar surface area (TPSA) is 47.4 Å². The molecule has 0 aliphatic rings. The molecule has 0 bridgehead atoms. The SMILES string of the molecule is C[Si](C)(C)Oc1ccccc1/N=C/c1ccncn1. The Morgan fingerprint density at radius 3 is 2.63 bits per heavy atom. The molecule has 0 saturated carbocycles. The van der Waals surface area contributed by atoms with Crippen molar-refractivity contribution in [3.05, 3.63) is 48.5 Å². The molecule has 1 aromatic heterocycles. The van der Waals surface area contributed by atoms with Crippen LogP contribution in [0, 0.1) is 0 Å². The lowest BCUT2D eigenvalue weighted by atomic mass is 10.3. The Hall–Kier alpha value is -2.01. The molecule has 19 heavy (non-hydrogen) atoms. The molecule has 0 spiro atoms. The van der Waals surface area contributed by atoms with Crippen LogP contribution in [0.2, 0.25) is 19.6 Å². The molecular formula is C14H17N3OSi. The van der Waals surface area contributed by atoms with Crippen molar-refractivity contribution in [3.63, 3.8) is 0 Å². The molecule has 0 saturated heterocycles. The minimum Gasteiger partial charge on any atom is -0.543 e. The van der Waals surface area contributed by atoms with Crippen molar-refractivity contribution in [2.45, 2.75) is 19.6 Å². The number of aliphatic imine (C=N–C) groups is 1. The van der Waals surface area contributed by atoms with Crippen molar-refractivity contribution in [2.75, 3.05) is 0 Å². The highest BCUT2D eigenvalue weighted by molar-refractivity contribution is 6.70. The molecular weight excluding hydrogens is 254 g/mol. The summed E-state index contributed by atoms with van der Waals surface area (Å²) in [5.41, 5.74) is 1.60. The van der Waals surface area contributed by atoms with Gasteiger partial charge in [0.2, 0.25) is 8.32 Å². The van der Waals surface area contributed by atoms with E-state index in [9.17, 15) is 0 Å². The van der Waals surface area contributed by atoms with Gasteiger partial charge in [-0.25, -0.2) is 9.97 Å². The van der Waals surface area contributed by atoms with Crippen molar-refractivity contribution in [2.24, 2.45) is 4.99 Å². The second-order valence-electron chi connectivity index (χ2n) is 5.07. The van der Waals surface area contributed by atoms with Crippen molar-refractivity contribution < 1.29 is 4.43 Å². The monoisotopic (exact) mass is 271 g/mol. The van der Waals surface area contributed by atoms with Crippen molar-refractivity contribution >= 4 is 20.2 Å². The third-order valence-corrected chi connectivity index (χ3v) is 3.05. The number of rotatable bonds is 4. The fraction of sp³-hybridized carbons (Fsp3) is 0.214. The summed E-state index contributed by atoms with van der Waals surface area (Å²) in [6.45, 7) is 6.45. The van der Waals surface area contributed by atoms with E-state index in [2.05, 4.69) is 34.6 Å². The molecule has 2 aromatic rings. The van der Waals surface area contributed by atoms with E-state index in [1.54, 1.807) is 12.4 Å². The lowest BCUT2D eigenvalue weighted by Crippen LogP contribution is -2.29. The first-order valence-electron chi connectivity index (χ1n) is 6.13. The smallest absolute Gasteiger partial charge is 0.242 e. The van der Waals surface area contributed by atoms with Gasteiger partial charge in [-0.1, -0.05) is 12.1 Å². The molecule has 0 fully saturated rings. The molecule has 0 aliphatic carbocycles. The molecule has 0 N–H and O–H groups in total. The van der Waals surface area contributed by atoms with E-state index in [0.29, 0.717) is 0 Å². The predicted octanol–water partition coefficient (Wildman–Crippen LogP) is 3.44.